The lowest BCUT2D eigenvalue weighted by molar-refractivity contribution is 0.0177. The second kappa shape index (κ2) is 12.1. The predicted molar refractivity (Wildman–Crippen MR) is 122 cm³/mol. The first-order chi connectivity index (χ1) is 14.7. The van der Waals surface area contributed by atoms with E-state index in [-0.39, 0.29) is 0 Å². The summed E-state index contributed by atoms with van der Waals surface area (Å²) in [7, 11) is 0. The van der Waals surface area contributed by atoms with E-state index in [1.165, 1.54) is 4.88 Å². The number of morpholine rings is 1. The van der Waals surface area contributed by atoms with Crippen LogP contribution in [-0.4, -0.2) is 55.4 Å². The smallest absolute Gasteiger partial charge is 0.191 e. The molecule has 166 valence electrons. The minimum atomic E-state index is 0.310. The summed E-state index contributed by atoms with van der Waals surface area (Å²) in [6.45, 7) is 12.0. The number of thiophene rings is 1. The summed E-state index contributed by atoms with van der Waals surface area (Å²) < 4.78 is 11.1. The van der Waals surface area contributed by atoms with Gasteiger partial charge in [-0.2, -0.15) is 0 Å². The van der Waals surface area contributed by atoms with Gasteiger partial charge in [0.25, 0.3) is 0 Å². The molecule has 1 saturated heterocycles. The van der Waals surface area contributed by atoms with E-state index in [2.05, 4.69) is 59.0 Å². The standard InChI is InChI=1S/C22H35N5O2S/c1-4-17(5-2)19-14-18(29-26-19)15-24-22(23-6-3)25-16-20(21-8-7-13-30-21)27-9-11-28-12-10-27/h7-8,13-14,17,20H,4-6,9-12,15-16H2,1-3H3,(H2,23,24,25). The molecule has 0 saturated carbocycles. The molecule has 2 aromatic heterocycles. The predicted octanol–water partition coefficient (Wildman–Crippen LogP) is 3.77. The van der Waals surface area contributed by atoms with Crippen LogP contribution in [0.15, 0.2) is 33.1 Å². The molecule has 0 amide bonds. The zero-order valence-electron chi connectivity index (χ0n) is 18.4. The lowest BCUT2D eigenvalue weighted by Gasteiger charge is -2.34. The van der Waals surface area contributed by atoms with E-state index in [0.717, 1.165) is 69.6 Å². The third kappa shape index (κ3) is 6.30. The van der Waals surface area contributed by atoms with Crippen molar-refractivity contribution in [3.05, 3.63) is 39.9 Å². The van der Waals surface area contributed by atoms with Crippen LogP contribution < -0.4 is 10.6 Å². The Morgan fingerprint density at radius 2 is 2.03 bits per heavy atom. The van der Waals surface area contributed by atoms with Crippen LogP contribution in [0.5, 0.6) is 0 Å². The third-order valence-electron chi connectivity index (χ3n) is 5.54. The molecule has 1 atom stereocenters. The molecule has 0 aliphatic carbocycles. The summed E-state index contributed by atoms with van der Waals surface area (Å²) in [5.74, 6) is 2.06. The van der Waals surface area contributed by atoms with E-state index in [1.54, 1.807) is 11.3 Å². The average Bonchev–Trinajstić information content (AvgIpc) is 3.47. The Balaban J connectivity index is 1.63. The highest BCUT2D eigenvalue weighted by atomic mass is 32.1. The van der Waals surface area contributed by atoms with Gasteiger partial charge in [-0.15, -0.1) is 11.3 Å². The van der Waals surface area contributed by atoms with Crippen LogP contribution in [0.25, 0.3) is 0 Å². The molecule has 1 unspecified atom stereocenters. The Morgan fingerprint density at radius 3 is 2.70 bits per heavy atom. The topological polar surface area (TPSA) is 74.9 Å². The minimum absolute atomic E-state index is 0.310. The van der Waals surface area contributed by atoms with Crippen LogP contribution in [0.4, 0.5) is 0 Å². The number of hydrogen-bond acceptors (Lipinski definition) is 6. The molecule has 7 nitrogen and oxygen atoms in total. The van der Waals surface area contributed by atoms with Gasteiger partial charge in [-0.3, -0.25) is 4.90 Å². The highest BCUT2D eigenvalue weighted by Crippen LogP contribution is 2.25. The molecule has 2 aromatic rings. The maximum atomic E-state index is 5.54. The number of guanidine groups is 1. The van der Waals surface area contributed by atoms with E-state index in [1.807, 2.05) is 6.07 Å². The van der Waals surface area contributed by atoms with Gasteiger partial charge in [0.2, 0.25) is 0 Å². The van der Waals surface area contributed by atoms with Crippen molar-refractivity contribution >= 4 is 17.3 Å². The number of nitrogens with one attached hydrogen (secondary N) is 2. The Labute approximate surface area is 183 Å². The summed E-state index contributed by atoms with van der Waals surface area (Å²) in [5, 5.41) is 13.3. The third-order valence-corrected chi connectivity index (χ3v) is 6.51. The molecular formula is C22H35N5O2S. The van der Waals surface area contributed by atoms with Gasteiger partial charge >= 0.3 is 0 Å². The SMILES string of the molecule is CCNC(=NCc1cc(C(CC)CC)no1)NCC(c1cccs1)N1CCOCC1. The second-order valence-corrected chi connectivity index (χ2v) is 8.47. The molecule has 0 spiro atoms. The van der Waals surface area contributed by atoms with Crippen molar-refractivity contribution < 1.29 is 9.26 Å². The molecule has 30 heavy (non-hydrogen) atoms. The zero-order valence-corrected chi connectivity index (χ0v) is 19.2. The number of aliphatic imine (C=N–C) groups is 1. The maximum absolute atomic E-state index is 5.54. The fourth-order valence-corrected chi connectivity index (χ4v) is 4.64. The summed E-state index contributed by atoms with van der Waals surface area (Å²) in [6.07, 6.45) is 2.14. The van der Waals surface area contributed by atoms with E-state index in [0.29, 0.717) is 18.5 Å². The van der Waals surface area contributed by atoms with E-state index >= 15 is 0 Å². The van der Waals surface area contributed by atoms with Crippen LogP contribution in [0.2, 0.25) is 0 Å². The van der Waals surface area contributed by atoms with Gasteiger partial charge in [0.15, 0.2) is 11.7 Å². The maximum Gasteiger partial charge on any atom is 0.191 e. The molecule has 0 bridgehead atoms. The normalized spacial score (nSPS) is 16.7. The number of rotatable bonds is 10. The first-order valence-electron chi connectivity index (χ1n) is 11.1. The van der Waals surface area contributed by atoms with Gasteiger partial charge in [0.05, 0.1) is 24.9 Å². The molecule has 1 fully saturated rings. The molecule has 8 heteroatoms. The van der Waals surface area contributed by atoms with Crippen LogP contribution in [0.3, 0.4) is 0 Å². The van der Waals surface area contributed by atoms with E-state index in [4.69, 9.17) is 14.3 Å². The molecule has 1 aliphatic rings. The largest absolute Gasteiger partial charge is 0.379 e. The molecule has 0 aromatic carbocycles. The van der Waals surface area contributed by atoms with Gasteiger partial charge in [0, 0.05) is 43.0 Å². The lowest BCUT2D eigenvalue weighted by atomic mass is 9.99. The average molecular weight is 434 g/mol. The van der Waals surface area contributed by atoms with Gasteiger partial charge in [0.1, 0.15) is 6.54 Å². The van der Waals surface area contributed by atoms with Gasteiger partial charge in [-0.25, -0.2) is 4.99 Å². The Bertz CT molecular complexity index is 751. The molecule has 2 N–H and O–H groups in total. The fraction of sp³-hybridized carbons (Fsp3) is 0.636. The van der Waals surface area contributed by atoms with Crippen LogP contribution in [0.1, 0.15) is 61.9 Å². The van der Waals surface area contributed by atoms with Crippen molar-refractivity contribution in [2.45, 2.75) is 52.1 Å². The van der Waals surface area contributed by atoms with E-state index < -0.39 is 0 Å². The van der Waals surface area contributed by atoms with Gasteiger partial charge in [-0.1, -0.05) is 25.1 Å². The Morgan fingerprint density at radius 1 is 1.23 bits per heavy atom. The number of nitrogens with zero attached hydrogens (tertiary/aromatic N) is 3. The molecule has 1 aliphatic heterocycles. The first-order valence-corrected chi connectivity index (χ1v) is 12.0. The van der Waals surface area contributed by atoms with Crippen molar-refractivity contribution in [1.29, 1.82) is 0 Å². The monoisotopic (exact) mass is 433 g/mol. The van der Waals surface area contributed by atoms with Crippen LogP contribution in [0, 0.1) is 0 Å². The fourth-order valence-electron chi connectivity index (χ4n) is 3.77. The number of aromatic nitrogens is 1. The minimum Gasteiger partial charge on any atom is -0.379 e. The Kier molecular flexibility index (Phi) is 9.17. The van der Waals surface area contributed by atoms with Crippen molar-refractivity contribution in [1.82, 2.24) is 20.7 Å². The summed E-state index contributed by atoms with van der Waals surface area (Å²) in [6, 6.07) is 6.69. The molecule has 0 radical (unpaired) electrons. The van der Waals surface area contributed by atoms with Crippen LogP contribution >= 0.6 is 11.3 Å². The van der Waals surface area contributed by atoms with Gasteiger partial charge in [-0.05, 0) is 31.2 Å². The lowest BCUT2D eigenvalue weighted by Crippen LogP contribution is -2.46. The number of hydrogen-bond donors (Lipinski definition) is 2. The van der Waals surface area contributed by atoms with E-state index in [9.17, 15) is 0 Å². The quantitative estimate of drug-likeness (QED) is 0.439. The molecule has 3 heterocycles. The van der Waals surface area contributed by atoms with Gasteiger partial charge < -0.3 is 19.9 Å². The summed E-state index contributed by atoms with van der Waals surface area (Å²) >= 11 is 1.80. The summed E-state index contributed by atoms with van der Waals surface area (Å²) in [5.41, 5.74) is 1.04. The first kappa shape index (κ1) is 22.8. The second-order valence-electron chi connectivity index (χ2n) is 7.49. The zero-order chi connectivity index (χ0) is 21.2. The van der Waals surface area contributed by atoms with Crippen molar-refractivity contribution in [3.63, 3.8) is 0 Å². The molecular weight excluding hydrogens is 398 g/mol. The van der Waals surface area contributed by atoms with Crippen molar-refractivity contribution in [3.8, 4) is 0 Å². The molecule has 3 rings (SSSR count). The number of ether oxygens (including phenoxy) is 1. The highest BCUT2D eigenvalue weighted by Gasteiger charge is 2.23. The highest BCUT2D eigenvalue weighted by molar-refractivity contribution is 7.10. The van der Waals surface area contributed by atoms with Crippen molar-refractivity contribution in [2.75, 3.05) is 39.4 Å². The van der Waals surface area contributed by atoms with Crippen LogP contribution in [-0.2, 0) is 11.3 Å². The van der Waals surface area contributed by atoms with Crippen molar-refractivity contribution in [2.24, 2.45) is 4.99 Å². The summed E-state index contributed by atoms with van der Waals surface area (Å²) in [4.78, 5) is 8.58. The Hall–Kier alpha value is -1.90.